The molecule has 0 aliphatic rings. The number of carbonyl (C=O) groups is 1. The normalized spacial score (nSPS) is 11.4. The van der Waals surface area contributed by atoms with Gasteiger partial charge in [0.15, 0.2) is 5.16 Å². The summed E-state index contributed by atoms with van der Waals surface area (Å²) in [4.78, 5) is 27.3. The summed E-state index contributed by atoms with van der Waals surface area (Å²) < 4.78 is 7.31. The summed E-state index contributed by atoms with van der Waals surface area (Å²) in [6, 6.07) is 8.09. The Morgan fingerprint density at radius 2 is 2.03 bits per heavy atom. The van der Waals surface area contributed by atoms with Crippen LogP contribution in [0.2, 0.25) is 0 Å². The van der Waals surface area contributed by atoms with E-state index in [1.807, 2.05) is 25.1 Å². The van der Waals surface area contributed by atoms with Crippen molar-refractivity contribution in [2.45, 2.75) is 38.2 Å². The SMILES string of the molecule is CCOC(=O)c1sc2nc(CSc3nc4ccccc4n3CC)nc(N)c2c1C. The van der Waals surface area contributed by atoms with E-state index in [1.165, 1.54) is 11.3 Å². The highest BCUT2D eigenvalue weighted by molar-refractivity contribution is 7.98. The van der Waals surface area contributed by atoms with Crippen molar-refractivity contribution in [2.24, 2.45) is 0 Å². The van der Waals surface area contributed by atoms with Gasteiger partial charge in [-0.2, -0.15) is 0 Å². The topological polar surface area (TPSA) is 95.9 Å². The molecule has 0 aliphatic carbocycles. The number of carbonyl (C=O) groups excluding carboxylic acids is 1. The maximum Gasteiger partial charge on any atom is 0.348 e. The number of aromatic nitrogens is 4. The number of nitrogens with zero attached hydrogens (tertiary/aromatic N) is 4. The fourth-order valence-corrected chi connectivity index (χ4v) is 5.30. The van der Waals surface area contributed by atoms with Crippen LogP contribution in [0.25, 0.3) is 21.3 Å². The molecule has 29 heavy (non-hydrogen) atoms. The van der Waals surface area contributed by atoms with E-state index in [-0.39, 0.29) is 5.97 Å². The molecule has 150 valence electrons. The molecule has 0 radical (unpaired) electrons. The lowest BCUT2D eigenvalue weighted by Gasteiger charge is -2.06. The number of hydrogen-bond acceptors (Lipinski definition) is 8. The van der Waals surface area contributed by atoms with Crippen LogP contribution in [0.4, 0.5) is 5.82 Å². The molecule has 3 heterocycles. The first kappa shape index (κ1) is 19.7. The van der Waals surface area contributed by atoms with Crippen LogP contribution in [0.15, 0.2) is 29.4 Å². The lowest BCUT2D eigenvalue weighted by Crippen LogP contribution is -2.04. The summed E-state index contributed by atoms with van der Waals surface area (Å²) in [6.45, 7) is 6.90. The summed E-state index contributed by atoms with van der Waals surface area (Å²) in [5.74, 6) is 1.19. The molecular weight excluding hydrogens is 406 g/mol. The minimum absolute atomic E-state index is 0.327. The highest BCUT2D eigenvalue weighted by atomic mass is 32.2. The van der Waals surface area contributed by atoms with Gasteiger partial charge in [0.2, 0.25) is 0 Å². The number of anilines is 1. The van der Waals surface area contributed by atoms with Crippen LogP contribution in [0.3, 0.4) is 0 Å². The summed E-state index contributed by atoms with van der Waals surface area (Å²) in [6.07, 6.45) is 0. The van der Waals surface area contributed by atoms with E-state index >= 15 is 0 Å². The molecule has 4 rings (SSSR count). The van der Waals surface area contributed by atoms with Crippen LogP contribution in [0.1, 0.15) is 34.9 Å². The van der Waals surface area contributed by atoms with E-state index in [0.29, 0.717) is 33.7 Å². The van der Waals surface area contributed by atoms with Crippen molar-refractivity contribution in [2.75, 3.05) is 12.3 Å². The first-order valence-electron chi connectivity index (χ1n) is 9.34. The summed E-state index contributed by atoms with van der Waals surface area (Å²) >= 11 is 2.88. The number of fused-ring (bicyclic) bond motifs is 2. The molecule has 0 aliphatic heterocycles. The van der Waals surface area contributed by atoms with Crippen LogP contribution < -0.4 is 5.73 Å². The number of rotatable bonds is 6. The Bertz CT molecular complexity index is 1210. The van der Waals surface area contributed by atoms with E-state index < -0.39 is 0 Å². The van der Waals surface area contributed by atoms with Crippen molar-refractivity contribution in [1.82, 2.24) is 19.5 Å². The molecule has 2 N–H and O–H groups in total. The average molecular weight is 428 g/mol. The van der Waals surface area contributed by atoms with E-state index in [0.717, 1.165) is 33.7 Å². The van der Waals surface area contributed by atoms with Crippen LogP contribution in [0.5, 0.6) is 0 Å². The quantitative estimate of drug-likeness (QED) is 0.359. The minimum Gasteiger partial charge on any atom is -0.462 e. The maximum absolute atomic E-state index is 12.2. The van der Waals surface area contributed by atoms with Crippen LogP contribution >= 0.6 is 23.1 Å². The molecule has 0 amide bonds. The molecule has 0 spiro atoms. The van der Waals surface area contributed by atoms with E-state index in [1.54, 1.807) is 18.7 Å². The molecule has 0 atom stereocenters. The number of nitrogens with two attached hydrogens (primary N) is 1. The molecule has 0 fully saturated rings. The highest BCUT2D eigenvalue weighted by Crippen LogP contribution is 2.34. The molecule has 3 aromatic heterocycles. The number of esters is 1. The number of nitrogen functional groups attached to an aromatic ring is 1. The molecule has 1 aromatic carbocycles. The lowest BCUT2D eigenvalue weighted by molar-refractivity contribution is 0.0531. The van der Waals surface area contributed by atoms with Crippen molar-refractivity contribution >= 4 is 56.1 Å². The fourth-order valence-electron chi connectivity index (χ4n) is 3.27. The Labute approximate surface area is 176 Å². The molecular formula is C20H21N5O2S2. The van der Waals surface area contributed by atoms with E-state index in [2.05, 4.69) is 27.5 Å². The standard InChI is InChI=1S/C20H21N5O2S2/c1-4-25-13-9-7-6-8-12(13)22-20(25)28-10-14-23-17(21)15-11(3)16(19(26)27-5-2)29-18(15)24-14/h6-9H,4-5,10H2,1-3H3,(H2,21,23,24). The Morgan fingerprint density at radius 1 is 1.24 bits per heavy atom. The maximum atomic E-state index is 12.2. The van der Waals surface area contributed by atoms with Crippen molar-refractivity contribution in [3.05, 3.63) is 40.5 Å². The van der Waals surface area contributed by atoms with Crippen LogP contribution in [0, 0.1) is 6.92 Å². The zero-order valence-electron chi connectivity index (χ0n) is 16.4. The zero-order chi connectivity index (χ0) is 20.5. The Balaban J connectivity index is 1.64. The third kappa shape index (κ3) is 3.56. The van der Waals surface area contributed by atoms with Gasteiger partial charge in [-0.05, 0) is 38.5 Å². The zero-order valence-corrected chi connectivity index (χ0v) is 18.1. The second-order valence-electron chi connectivity index (χ2n) is 6.40. The van der Waals surface area contributed by atoms with Crippen molar-refractivity contribution in [3.63, 3.8) is 0 Å². The molecule has 7 nitrogen and oxygen atoms in total. The van der Waals surface area contributed by atoms with Gasteiger partial charge >= 0.3 is 5.97 Å². The van der Waals surface area contributed by atoms with E-state index in [4.69, 9.17) is 15.5 Å². The number of thiophene rings is 1. The molecule has 0 unspecified atom stereocenters. The number of para-hydroxylation sites is 2. The largest absolute Gasteiger partial charge is 0.462 e. The van der Waals surface area contributed by atoms with Gasteiger partial charge in [0.05, 0.1) is 28.8 Å². The van der Waals surface area contributed by atoms with Gasteiger partial charge in [-0.3, -0.25) is 0 Å². The Morgan fingerprint density at radius 3 is 2.79 bits per heavy atom. The molecule has 9 heteroatoms. The number of hydrogen-bond donors (Lipinski definition) is 1. The monoisotopic (exact) mass is 427 g/mol. The van der Waals surface area contributed by atoms with Gasteiger partial charge in [-0.15, -0.1) is 11.3 Å². The molecule has 0 saturated carbocycles. The van der Waals surface area contributed by atoms with Gasteiger partial charge < -0.3 is 15.0 Å². The van der Waals surface area contributed by atoms with Crippen LogP contribution in [-0.4, -0.2) is 32.1 Å². The van der Waals surface area contributed by atoms with Gasteiger partial charge in [0.1, 0.15) is 21.3 Å². The predicted molar refractivity (Wildman–Crippen MR) is 117 cm³/mol. The van der Waals surface area contributed by atoms with Gasteiger partial charge in [-0.1, -0.05) is 23.9 Å². The Hall–Kier alpha value is -2.65. The van der Waals surface area contributed by atoms with Gasteiger partial charge in [0, 0.05) is 6.54 Å². The lowest BCUT2D eigenvalue weighted by atomic mass is 10.2. The number of benzene rings is 1. The number of aryl methyl sites for hydroxylation is 2. The van der Waals surface area contributed by atoms with Gasteiger partial charge in [0.25, 0.3) is 0 Å². The summed E-state index contributed by atoms with van der Waals surface area (Å²) in [7, 11) is 0. The summed E-state index contributed by atoms with van der Waals surface area (Å²) in [5, 5.41) is 1.65. The first-order chi connectivity index (χ1) is 14.0. The predicted octanol–water partition coefficient (Wildman–Crippen LogP) is 4.42. The number of thioether (sulfide) groups is 1. The highest BCUT2D eigenvalue weighted by Gasteiger charge is 2.20. The third-order valence-corrected chi connectivity index (χ3v) is 6.73. The average Bonchev–Trinajstić information content (AvgIpc) is 3.24. The first-order valence-corrected chi connectivity index (χ1v) is 11.1. The van der Waals surface area contributed by atoms with Crippen molar-refractivity contribution in [3.8, 4) is 0 Å². The molecule has 0 bridgehead atoms. The second kappa shape index (κ2) is 8.00. The number of imidazole rings is 1. The fraction of sp³-hybridized carbons (Fsp3) is 0.300. The van der Waals surface area contributed by atoms with Gasteiger partial charge in [-0.25, -0.2) is 19.7 Å². The van der Waals surface area contributed by atoms with Crippen LogP contribution in [-0.2, 0) is 17.0 Å². The van der Waals surface area contributed by atoms with E-state index in [9.17, 15) is 4.79 Å². The molecule has 0 saturated heterocycles. The Kier molecular flexibility index (Phi) is 5.42. The smallest absolute Gasteiger partial charge is 0.348 e. The minimum atomic E-state index is -0.347. The number of ether oxygens (including phenoxy) is 1. The van der Waals surface area contributed by atoms with Crippen molar-refractivity contribution in [1.29, 1.82) is 0 Å². The molecule has 4 aromatic rings. The second-order valence-corrected chi connectivity index (χ2v) is 8.34. The third-order valence-electron chi connectivity index (χ3n) is 4.59. The van der Waals surface area contributed by atoms with Crippen molar-refractivity contribution < 1.29 is 9.53 Å². The summed E-state index contributed by atoms with van der Waals surface area (Å²) in [5.41, 5.74) is 9.06.